The van der Waals surface area contributed by atoms with E-state index in [4.69, 9.17) is 5.10 Å². The van der Waals surface area contributed by atoms with Gasteiger partial charge in [-0.15, -0.1) is 0 Å². The van der Waals surface area contributed by atoms with Crippen molar-refractivity contribution in [3.8, 4) is 11.3 Å². The smallest absolute Gasteiger partial charge is 0.257 e. The minimum Gasteiger partial charge on any atom is -0.352 e. The van der Waals surface area contributed by atoms with Crippen LogP contribution in [0.1, 0.15) is 28.8 Å². The number of piperazine rings is 1. The third-order valence-corrected chi connectivity index (χ3v) is 6.08. The number of rotatable bonds is 7. The molecule has 1 aliphatic heterocycles. The van der Waals surface area contributed by atoms with Crippen LogP contribution in [-0.4, -0.2) is 75.1 Å². The first-order valence-electron chi connectivity index (χ1n) is 11.5. The van der Waals surface area contributed by atoms with Crippen LogP contribution in [0, 0.1) is 0 Å². The van der Waals surface area contributed by atoms with Crippen molar-refractivity contribution in [2.24, 2.45) is 0 Å². The van der Waals surface area contributed by atoms with Crippen molar-refractivity contribution >= 4 is 11.8 Å². The highest BCUT2D eigenvalue weighted by atomic mass is 16.2. The molecular formula is C25H28N6O2. The number of hydrogen-bond acceptors (Lipinski definition) is 5. The van der Waals surface area contributed by atoms with Gasteiger partial charge in [0.05, 0.1) is 18.7 Å². The molecule has 2 amide bonds. The Bertz CT molecular complexity index is 1100. The molecule has 8 heteroatoms. The van der Waals surface area contributed by atoms with Gasteiger partial charge in [0.1, 0.15) is 5.69 Å². The van der Waals surface area contributed by atoms with Crippen molar-refractivity contribution in [2.45, 2.75) is 25.4 Å². The van der Waals surface area contributed by atoms with Gasteiger partial charge in [-0.25, -0.2) is 0 Å². The van der Waals surface area contributed by atoms with E-state index in [9.17, 15) is 9.59 Å². The molecule has 0 unspecified atom stereocenters. The van der Waals surface area contributed by atoms with Crippen LogP contribution in [0.4, 0.5) is 0 Å². The lowest BCUT2D eigenvalue weighted by Gasteiger charge is -2.34. The van der Waals surface area contributed by atoms with Crippen LogP contribution < -0.4 is 5.32 Å². The zero-order valence-corrected chi connectivity index (χ0v) is 18.6. The van der Waals surface area contributed by atoms with E-state index in [0.717, 1.165) is 24.0 Å². The summed E-state index contributed by atoms with van der Waals surface area (Å²) in [7, 11) is 0. The molecule has 1 saturated carbocycles. The Morgan fingerprint density at radius 1 is 1.00 bits per heavy atom. The molecule has 2 fully saturated rings. The van der Waals surface area contributed by atoms with Crippen molar-refractivity contribution in [2.75, 3.05) is 32.7 Å². The van der Waals surface area contributed by atoms with Gasteiger partial charge in [0.15, 0.2) is 0 Å². The highest BCUT2D eigenvalue weighted by Gasteiger charge is 2.28. The third kappa shape index (κ3) is 5.28. The quantitative estimate of drug-likeness (QED) is 0.603. The highest BCUT2D eigenvalue weighted by Crippen LogP contribution is 2.24. The summed E-state index contributed by atoms with van der Waals surface area (Å²) in [5.41, 5.74) is 3.17. The molecule has 1 N–H and O–H groups in total. The number of amides is 2. The largest absolute Gasteiger partial charge is 0.352 e. The van der Waals surface area contributed by atoms with E-state index in [1.807, 2.05) is 58.2 Å². The maximum atomic E-state index is 13.5. The van der Waals surface area contributed by atoms with Gasteiger partial charge in [-0.1, -0.05) is 30.3 Å². The topological polar surface area (TPSA) is 83.4 Å². The van der Waals surface area contributed by atoms with E-state index < -0.39 is 0 Å². The first-order chi connectivity index (χ1) is 16.2. The molecule has 2 aromatic heterocycles. The number of aromatic nitrogens is 3. The SMILES string of the molecule is O=C(CN1CCN(C(=O)c2cn(Cc3ccccc3)nc2-c2cccnc2)CC1)NC1CC1. The van der Waals surface area contributed by atoms with Crippen molar-refractivity contribution in [1.29, 1.82) is 0 Å². The molecule has 3 heterocycles. The van der Waals surface area contributed by atoms with Crippen LogP contribution in [0.3, 0.4) is 0 Å². The monoisotopic (exact) mass is 444 g/mol. The number of hydrogen-bond donors (Lipinski definition) is 1. The summed E-state index contributed by atoms with van der Waals surface area (Å²) in [6.07, 6.45) is 7.47. The number of nitrogens with zero attached hydrogens (tertiary/aromatic N) is 5. The van der Waals surface area contributed by atoms with Crippen LogP contribution >= 0.6 is 0 Å². The molecule has 2 aliphatic rings. The summed E-state index contributed by atoms with van der Waals surface area (Å²) < 4.78 is 1.82. The standard InChI is InChI=1S/C25H28N6O2/c32-23(27-21-8-9-21)18-29-11-13-30(14-12-29)25(33)22-17-31(16-19-5-2-1-3-6-19)28-24(22)20-7-4-10-26-15-20/h1-7,10,15,17,21H,8-9,11-14,16,18H2,(H,27,32). The molecule has 0 spiro atoms. The van der Waals surface area contributed by atoms with E-state index in [0.29, 0.717) is 56.6 Å². The summed E-state index contributed by atoms with van der Waals surface area (Å²) >= 11 is 0. The fourth-order valence-electron chi connectivity index (χ4n) is 4.13. The van der Waals surface area contributed by atoms with E-state index in [1.165, 1.54) is 0 Å². The molecule has 3 aromatic rings. The average Bonchev–Trinajstić information content (AvgIpc) is 3.56. The minimum absolute atomic E-state index is 0.0322. The number of benzene rings is 1. The molecule has 1 saturated heterocycles. The van der Waals surface area contributed by atoms with Crippen LogP contribution in [-0.2, 0) is 11.3 Å². The number of nitrogens with one attached hydrogen (secondary N) is 1. The Morgan fingerprint density at radius 3 is 2.48 bits per heavy atom. The molecule has 1 aromatic carbocycles. The van der Waals surface area contributed by atoms with Crippen LogP contribution in [0.5, 0.6) is 0 Å². The van der Waals surface area contributed by atoms with E-state index in [1.54, 1.807) is 12.4 Å². The Hall–Kier alpha value is -3.52. The Labute approximate surface area is 193 Å². The second-order valence-corrected chi connectivity index (χ2v) is 8.73. The highest BCUT2D eigenvalue weighted by molar-refractivity contribution is 5.99. The van der Waals surface area contributed by atoms with Gasteiger partial charge >= 0.3 is 0 Å². The second-order valence-electron chi connectivity index (χ2n) is 8.73. The average molecular weight is 445 g/mol. The van der Waals surface area contributed by atoms with Crippen molar-refractivity contribution in [3.63, 3.8) is 0 Å². The Balaban J connectivity index is 1.30. The lowest BCUT2D eigenvalue weighted by molar-refractivity contribution is -0.122. The normalized spacial score (nSPS) is 16.5. The lowest BCUT2D eigenvalue weighted by atomic mass is 10.1. The molecule has 8 nitrogen and oxygen atoms in total. The first kappa shape index (κ1) is 21.3. The fraction of sp³-hybridized carbons (Fsp3) is 0.360. The van der Waals surface area contributed by atoms with Crippen LogP contribution in [0.25, 0.3) is 11.3 Å². The van der Waals surface area contributed by atoms with Gasteiger partial charge in [-0.05, 0) is 30.5 Å². The van der Waals surface area contributed by atoms with Crippen molar-refractivity contribution < 1.29 is 9.59 Å². The van der Waals surface area contributed by atoms with E-state index in [-0.39, 0.29) is 11.8 Å². The van der Waals surface area contributed by atoms with Gasteiger partial charge in [-0.2, -0.15) is 5.10 Å². The minimum atomic E-state index is -0.0322. The predicted octanol–water partition coefficient (Wildman–Crippen LogP) is 2.03. The van der Waals surface area contributed by atoms with Crippen molar-refractivity contribution in [1.82, 2.24) is 29.9 Å². The van der Waals surface area contributed by atoms with Crippen molar-refractivity contribution in [3.05, 3.63) is 72.2 Å². The molecule has 0 bridgehead atoms. The molecule has 0 atom stereocenters. The summed E-state index contributed by atoms with van der Waals surface area (Å²) in [6.45, 7) is 3.53. The Morgan fingerprint density at radius 2 is 1.79 bits per heavy atom. The molecule has 170 valence electrons. The van der Waals surface area contributed by atoms with Crippen LogP contribution in [0.15, 0.2) is 61.1 Å². The van der Waals surface area contributed by atoms with Gasteiger partial charge < -0.3 is 10.2 Å². The second kappa shape index (κ2) is 9.54. The maximum absolute atomic E-state index is 13.5. The van der Waals surface area contributed by atoms with Gasteiger partial charge in [-0.3, -0.25) is 24.2 Å². The van der Waals surface area contributed by atoms with Gasteiger partial charge in [0.25, 0.3) is 5.91 Å². The molecule has 1 aliphatic carbocycles. The third-order valence-electron chi connectivity index (χ3n) is 6.08. The molecule has 33 heavy (non-hydrogen) atoms. The lowest BCUT2D eigenvalue weighted by Crippen LogP contribution is -2.51. The van der Waals surface area contributed by atoms with Crippen LogP contribution in [0.2, 0.25) is 0 Å². The van der Waals surface area contributed by atoms with Gasteiger partial charge in [0, 0.05) is 56.4 Å². The van der Waals surface area contributed by atoms with E-state index >= 15 is 0 Å². The maximum Gasteiger partial charge on any atom is 0.257 e. The zero-order chi connectivity index (χ0) is 22.6. The molecule has 5 rings (SSSR count). The van der Waals surface area contributed by atoms with Gasteiger partial charge in [0.2, 0.25) is 5.91 Å². The summed E-state index contributed by atoms with van der Waals surface area (Å²) in [6, 6.07) is 14.2. The first-order valence-corrected chi connectivity index (χ1v) is 11.5. The molecule has 0 radical (unpaired) electrons. The number of carbonyl (C=O) groups excluding carboxylic acids is 2. The number of pyridine rings is 1. The summed E-state index contributed by atoms with van der Waals surface area (Å²) in [5, 5.41) is 7.78. The summed E-state index contributed by atoms with van der Waals surface area (Å²) in [4.78, 5) is 33.8. The Kier molecular flexibility index (Phi) is 6.17. The summed E-state index contributed by atoms with van der Waals surface area (Å²) in [5.74, 6) is 0.0496. The zero-order valence-electron chi connectivity index (χ0n) is 18.6. The number of carbonyl (C=O) groups is 2. The predicted molar refractivity (Wildman–Crippen MR) is 125 cm³/mol. The molecular weight excluding hydrogens is 416 g/mol. The fourth-order valence-corrected chi connectivity index (χ4v) is 4.13. The van der Waals surface area contributed by atoms with E-state index in [2.05, 4.69) is 15.2 Å².